The van der Waals surface area contributed by atoms with E-state index in [4.69, 9.17) is 4.74 Å². The van der Waals surface area contributed by atoms with Crippen molar-refractivity contribution in [1.29, 1.82) is 0 Å². The fourth-order valence-electron chi connectivity index (χ4n) is 2.44. The highest BCUT2D eigenvalue weighted by atomic mass is 16.5. The highest BCUT2D eigenvalue weighted by Crippen LogP contribution is 2.19. The Labute approximate surface area is 98.0 Å². The molecule has 1 N–H and O–H groups in total. The minimum absolute atomic E-state index is 0.653. The van der Waals surface area contributed by atoms with Gasteiger partial charge in [0.2, 0.25) is 0 Å². The molecule has 1 saturated heterocycles. The summed E-state index contributed by atoms with van der Waals surface area (Å²) in [6.07, 6.45) is 5.11. The third-order valence-electron chi connectivity index (χ3n) is 3.24. The van der Waals surface area contributed by atoms with Crippen LogP contribution in [0.25, 0.3) is 0 Å². The van der Waals surface area contributed by atoms with E-state index in [1.807, 2.05) is 0 Å². The van der Waals surface area contributed by atoms with E-state index in [1.165, 1.54) is 36.9 Å². The van der Waals surface area contributed by atoms with Crippen molar-refractivity contribution in [2.75, 3.05) is 13.7 Å². The van der Waals surface area contributed by atoms with Crippen molar-refractivity contribution in [1.82, 2.24) is 5.32 Å². The van der Waals surface area contributed by atoms with Crippen LogP contribution in [0.2, 0.25) is 0 Å². The normalized spacial score (nSPS) is 20.8. The topological polar surface area (TPSA) is 21.3 Å². The third-order valence-corrected chi connectivity index (χ3v) is 3.24. The van der Waals surface area contributed by atoms with Gasteiger partial charge >= 0.3 is 0 Å². The van der Waals surface area contributed by atoms with Crippen LogP contribution in [-0.2, 0) is 6.42 Å². The minimum atomic E-state index is 0.653. The molecule has 0 aromatic heterocycles. The summed E-state index contributed by atoms with van der Waals surface area (Å²) in [7, 11) is 1.73. The molecular weight excluding hydrogens is 198 g/mol. The summed E-state index contributed by atoms with van der Waals surface area (Å²) >= 11 is 0. The number of rotatable bonds is 3. The molecule has 1 atom stereocenters. The Morgan fingerprint density at radius 1 is 1.31 bits per heavy atom. The summed E-state index contributed by atoms with van der Waals surface area (Å²) in [5.41, 5.74) is 2.67. The maximum atomic E-state index is 5.30. The molecule has 88 valence electrons. The summed E-state index contributed by atoms with van der Waals surface area (Å²) in [5.74, 6) is 0.978. The van der Waals surface area contributed by atoms with Gasteiger partial charge in [-0.2, -0.15) is 0 Å². The van der Waals surface area contributed by atoms with E-state index >= 15 is 0 Å². The molecule has 2 rings (SSSR count). The first kappa shape index (κ1) is 11.5. The van der Waals surface area contributed by atoms with Crippen molar-refractivity contribution in [3.8, 4) is 5.75 Å². The standard InChI is InChI=1S/C14H21NO/c1-11-7-12(10-14(8-11)16-2)9-13-5-3-4-6-15-13/h7-8,10,13,15H,3-6,9H2,1-2H3. The van der Waals surface area contributed by atoms with Crippen LogP contribution in [0.3, 0.4) is 0 Å². The Hall–Kier alpha value is -1.02. The van der Waals surface area contributed by atoms with Crippen molar-refractivity contribution in [2.45, 2.75) is 38.6 Å². The molecule has 0 amide bonds. The highest BCUT2D eigenvalue weighted by Gasteiger charge is 2.13. The SMILES string of the molecule is COc1cc(C)cc(CC2CCCCN2)c1. The number of benzene rings is 1. The molecule has 0 spiro atoms. The molecule has 0 radical (unpaired) electrons. The maximum absolute atomic E-state index is 5.30. The number of ether oxygens (including phenoxy) is 1. The Morgan fingerprint density at radius 2 is 2.19 bits per heavy atom. The summed E-state index contributed by atoms with van der Waals surface area (Å²) in [6, 6.07) is 7.15. The molecule has 0 aliphatic carbocycles. The molecule has 1 aliphatic heterocycles. The average molecular weight is 219 g/mol. The molecule has 1 aromatic rings. The van der Waals surface area contributed by atoms with E-state index in [9.17, 15) is 0 Å². The van der Waals surface area contributed by atoms with Gasteiger partial charge in [-0.15, -0.1) is 0 Å². The molecule has 1 unspecified atom stereocenters. The molecule has 1 heterocycles. The van der Waals surface area contributed by atoms with Crippen molar-refractivity contribution >= 4 is 0 Å². The highest BCUT2D eigenvalue weighted by molar-refractivity contribution is 5.34. The molecule has 1 fully saturated rings. The molecule has 1 aromatic carbocycles. The van der Waals surface area contributed by atoms with Crippen LogP contribution in [-0.4, -0.2) is 19.7 Å². The van der Waals surface area contributed by atoms with Gasteiger partial charge in [0.05, 0.1) is 7.11 Å². The van der Waals surface area contributed by atoms with Crippen LogP contribution < -0.4 is 10.1 Å². The summed E-state index contributed by atoms with van der Waals surface area (Å²) in [6.45, 7) is 3.30. The van der Waals surface area contributed by atoms with Crippen molar-refractivity contribution < 1.29 is 4.74 Å². The van der Waals surface area contributed by atoms with E-state index in [1.54, 1.807) is 7.11 Å². The second-order valence-corrected chi connectivity index (χ2v) is 4.71. The monoisotopic (exact) mass is 219 g/mol. The maximum Gasteiger partial charge on any atom is 0.119 e. The molecule has 0 bridgehead atoms. The fraction of sp³-hybridized carbons (Fsp3) is 0.571. The van der Waals surface area contributed by atoms with Crippen LogP contribution in [0.4, 0.5) is 0 Å². The largest absolute Gasteiger partial charge is 0.497 e. The first-order chi connectivity index (χ1) is 7.78. The number of hydrogen-bond acceptors (Lipinski definition) is 2. The smallest absolute Gasteiger partial charge is 0.119 e. The summed E-state index contributed by atoms with van der Waals surface area (Å²) in [4.78, 5) is 0. The van der Waals surface area contributed by atoms with Crippen LogP contribution in [0.5, 0.6) is 5.75 Å². The third kappa shape index (κ3) is 2.99. The zero-order valence-corrected chi connectivity index (χ0v) is 10.3. The predicted molar refractivity (Wildman–Crippen MR) is 67.1 cm³/mol. The molecule has 0 saturated carbocycles. The first-order valence-electron chi connectivity index (χ1n) is 6.16. The lowest BCUT2D eigenvalue weighted by Crippen LogP contribution is -2.35. The lowest BCUT2D eigenvalue weighted by atomic mass is 9.97. The van der Waals surface area contributed by atoms with Crippen molar-refractivity contribution in [3.05, 3.63) is 29.3 Å². The summed E-state index contributed by atoms with van der Waals surface area (Å²) < 4.78 is 5.30. The molecular formula is C14H21NO. The second-order valence-electron chi connectivity index (χ2n) is 4.71. The number of methoxy groups -OCH3 is 1. The van der Waals surface area contributed by atoms with Gasteiger partial charge < -0.3 is 10.1 Å². The summed E-state index contributed by atoms with van der Waals surface area (Å²) in [5, 5.41) is 3.58. The molecule has 2 heteroatoms. The van der Waals surface area contributed by atoms with Gasteiger partial charge in [-0.3, -0.25) is 0 Å². The Balaban J connectivity index is 2.04. The zero-order valence-electron chi connectivity index (χ0n) is 10.3. The van der Waals surface area contributed by atoms with E-state index < -0.39 is 0 Å². The van der Waals surface area contributed by atoms with Crippen LogP contribution >= 0.6 is 0 Å². The van der Waals surface area contributed by atoms with E-state index in [-0.39, 0.29) is 0 Å². The molecule has 2 nitrogen and oxygen atoms in total. The van der Waals surface area contributed by atoms with Crippen LogP contribution in [0.1, 0.15) is 30.4 Å². The zero-order chi connectivity index (χ0) is 11.4. The number of hydrogen-bond donors (Lipinski definition) is 1. The minimum Gasteiger partial charge on any atom is -0.497 e. The van der Waals surface area contributed by atoms with Crippen molar-refractivity contribution in [2.24, 2.45) is 0 Å². The number of piperidine rings is 1. The van der Waals surface area contributed by atoms with Crippen molar-refractivity contribution in [3.63, 3.8) is 0 Å². The number of nitrogens with one attached hydrogen (secondary N) is 1. The quantitative estimate of drug-likeness (QED) is 0.844. The van der Waals surface area contributed by atoms with Crippen LogP contribution in [0.15, 0.2) is 18.2 Å². The van der Waals surface area contributed by atoms with Gasteiger partial charge in [-0.1, -0.05) is 12.5 Å². The van der Waals surface area contributed by atoms with E-state index in [0.717, 1.165) is 12.2 Å². The first-order valence-corrected chi connectivity index (χ1v) is 6.16. The Bertz CT molecular complexity index is 343. The second kappa shape index (κ2) is 5.35. The van der Waals surface area contributed by atoms with Gasteiger partial charge in [0.25, 0.3) is 0 Å². The number of aryl methyl sites for hydroxylation is 1. The Kier molecular flexibility index (Phi) is 3.83. The Morgan fingerprint density at radius 3 is 2.88 bits per heavy atom. The van der Waals surface area contributed by atoms with E-state index in [0.29, 0.717) is 6.04 Å². The van der Waals surface area contributed by atoms with Crippen LogP contribution in [0, 0.1) is 6.92 Å². The van der Waals surface area contributed by atoms with Gasteiger partial charge in [0.15, 0.2) is 0 Å². The van der Waals surface area contributed by atoms with Gasteiger partial charge in [-0.25, -0.2) is 0 Å². The van der Waals surface area contributed by atoms with Gasteiger partial charge in [-0.05, 0) is 56.0 Å². The average Bonchev–Trinajstić information content (AvgIpc) is 2.29. The van der Waals surface area contributed by atoms with Gasteiger partial charge in [0, 0.05) is 6.04 Å². The fourth-order valence-corrected chi connectivity index (χ4v) is 2.44. The predicted octanol–water partition coefficient (Wildman–Crippen LogP) is 2.69. The lowest BCUT2D eigenvalue weighted by Gasteiger charge is -2.23. The molecule has 16 heavy (non-hydrogen) atoms. The van der Waals surface area contributed by atoms with Gasteiger partial charge in [0.1, 0.15) is 5.75 Å². The molecule has 1 aliphatic rings. The lowest BCUT2D eigenvalue weighted by molar-refractivity contribution is 0.396. The van der Waals surface area contributed by atoms with E-state index in [2.05, 4.69) is 30.4 Å².